The van der Waals surface area contributed by atoms with Crippen molar-refractivity contribution in [3.05, 3.63) is 0 Å². The average molecular weight is 224 g/mol. The first-order chi connectivity index (χ1) is 7.35. The third-order valence-electron chi connectivity index (χ3n) is 4.34. The fourth-order valence-corrected chi connectivity index (χ4v) is 2.44. The molecule has 4 heteroatoms. The Hall–Kier alpha value is -0.900. The second-order valence-corrected chi connectivity index (χ2v) is 5.51. The van der Waals surface area contributed by atoms with Crippen LogP contribution in [0.3, 0.4) is 0 Å². The van der Waals surface area contributed by atoms with Gasteiger partial charge in [-0.05, 0) is 31.1 Å². The smallest absolute Gasteiger partial charge is 0.105 e. The summed E-state index contributed by atoms with van der Waals surface area (Å²) in [5.41, 5.74) is 6.37. The number of hydrazone groups is 1. The summed E-state index contributed by atoms with van der Waals surface area (Å²) in [6, 6.07) is 0. The van der Waals surface area contributed by atoms with Crippen LogP contribution in [0.2, 0.25) is 0 Å². The number of nitrogens with two attached hydrogens (primary N) is 1. The van der Waals surface area contributed by atoms with Crippen LogP contribution in [0, 0.1) is 11.3 Å². The highest BCUT2D eigenvalue weighted by atomic mass is 15.4. The van der Waals surface area contributed by atoms with E-state index in [1.54, 1.807) is 18.4 Å². The topological polar surface area (TPSA) is 54.0 Å². The largest absolute Gasteiger partial charge is 0.325 e. The molecule has 1 aliphatic carbocycles. The van der Waals surface area contributed by atoms with Gasteiger partial charge in [0.05, 0.1) is 0 Å². The summed E-state index contributed by atoms with van der Waals surface area (Å²) >= 11 is 0. The van der Waals surface area contributed by atoms with Gasteiger partial charge in [-0.2, -0.15) is 5.10 Å². The van der Waals surface area contributed by atoms with Crippen molar-refractivity contribution < 1.29 is 0 Å². The molecule has 0 aromatic heterocycles. The highest BCUT2D eigenvalue weighted by Gasteiger charge is 2.49. The van der Waals surface area contributed by atoms with E-state index < -0.39 is 0 Å². The van der Waals surface area contributed by atoms with Gasteiger partial charge in [-0.1, -0.05) is 13.8 Å². The predicted molar refractivity (Wildman–Crippen MR) is 69.8 cm³/mol. The normalized spacial score (nSPS) is 33.2. The van der Waals surface area contributed by atoms with Crippen molar-refractivity contribution in [2.45, 2.75) is 39.2 Å². The van der Waals surface area contributed by atoms with Crippen molar-refractivity contribution >= 4 is 13.1 Å². The van der Waals surface area contributed by atoms with Crippen molar-refractivity contribution in [3.8, 4) is 0 Å². The predicted octanol–water partition coefficient (Wildman–Crippen LogP) is 1.72. The van der Waals surface area contributed by atoms with Gasteiger partial charge in [0, 0.05) is 25.8 Å². The van der Waals surface area contributed by atoms with Crippen LogP contribution in [0.25, 0.3) is 0 Å². The molecule has 0 aliphatic heterocycles. The van der Waals surface area contributed by atoms with Crippen molar-refractivity contribution in [3.63, 3.8) is 0 Å². The molecular formula is C12H24N4. The van der Waals surface area contributed by atoms with E-state index in [2.05, 4.69) is 37.6 Å². The van der Waals surface area contributed by atoms with E-state index in [9.17, 15) is 0 Å². The molecule has 0 heterocycles. The second-order valence-electron chi connectivity index (χ2n) is 5.51. The summed E-state index contributed by atoms with van der Waals surface area (Å²) in [5.74, 6) is 0.533. The zero-order valence-electron chi connectivity index (χ0n) is 10.9. The molecule has 0 aromatic carbocycles. The first-order valence-electron chi connectivity index (χ1n) is 5.79. The van der Waals surface area contributed by atoms with E-state index >= 15 is 0 Å². The molecule has 0 saturated heterocycles. The van der Waals surface area contributed by atoms with Crippen LogP contribution >= 0.6 is 0 Å². The Bertz CT molecular complexity index is 281. The Morgan fingerprint density at radius 1 is 1.50 bits per heavy atom. The first kappa shape index (κ1) is 13.2. The molecule has 0 unspecified atom stereocenters. The van der Waals surface area contributed by atoms with Crippen molar-refractivity contribution in [1.82, 2.24) is 5.01 Å². The van der Waals surface area contributed by atoms with Crippen LogP contribution in [0.4, 0.5) is 0 Å². The summed E-state index contributed by atoms with van der Waals surface area (Å²) in [6.07, 6.45) is 3.93. The molecule has 2 N–H and O–H groups in total. The monoisotopic (exact) mass is 224 g/mol. The lowest BCUT2D eigenvalue weighted by Crippen LogP contribution is -2.49. The second kappa shape index (κ2) is 4.53. The fraction of sp³-hybridized carbons (Fsp3) is 0.833. The number of hydrogen-bond acceptors (Lipinski definition) is 3. The van der Waals surface area contributed by atoms with E-state index in [0.29, 0.717) is 5.92 Å². The van der Waals surface area contributed by atoms with Crippen molar-refractivity contribution in [1.29, 1.82) is 0 Å². The van der Waals surface area contributed by atoms with Gasteiger partial charge in [-0.3, -0.25) is 10.0 Å². The van der Waals surface area contributed by atoms with Gasteiger partial charge < -0.3 is 5.73 Å². The maximum Gasteiger partial charge on any atom is 0.105 e. The molecule has 4 nitrogen and oxygen atoms in total. The lowest BCUT2D eigenvalue weighted by atomic mass is 9.72. The molecule has 2 atom stereocenters. The molecule has 16 heavy (non-hydrogen) atoms. The standard InChI is InChI=1S/C12H24N4/c1-11(2)10(6-7-12(11,3)13)8-16(15-5)9-14-4/h9-10H,5-8,13H2,1-4H3/b14-9-/t10-,12-/m0/s1. The molecule has 0 aromatic rings. The Labute approximate surface area is 98.6 Å². The number of rotatable bonds is 4. The summed E-state index contributed by atoms with van der Waals surface area (Å²) < 4.78 is 0. The number of nitrogens with zero attached hydrogens (tertiary/aromatic N) is 3. The van der Waals surface area contributed by atoms with Gasteiger partial charge >= 0.3 is 0 Å². The molecule has 0 amide bonds. The molecule has 1 fully saturated rings. The van der Waals surface area contributed by atoms with Gasteiger partial charge in [0.25, 0.3) is 0 Å². The van der Waals surface area contributed by atoms with Gasteiger partial charge in [0.15, 0.2) is 0 Å². The summed E-state index contributed by atoms with van der Waals surface area (Å²) in [6.45, 7) is 11.0. The molecule has 1 saturated carbocycles. The molecular weight excluding hydrogens is 200 g/mol. The fourth-order valence-electron chi connectivity index (χ4n) is 2.44. The van der Waals surface area contributed by atoms with Gasteiger partial charge in [-0.25, -0.2) is 0 Å². The minimum absolute atomic E-state index is 0.0894. The highest BCUT2D eigenvalue weighted by molar-refractivity contribution is 5.55. The Kier molecular flexibility index (Phi) is 3.73. The van der Waals surface area contributed by atoms with E-state index in [-0.39, 0.29) is 11.0 Å². The van der Waals surface area contributed by atoms with E-state index in [1.807, 2.05) is 0 Å². The Balaban J connectivity index is 2.73. The maximum atomic E-state index is 6.34. The minimum Gasteiger partial charge on any atom is -0.325 e. The van der Waals surface area contributed by atoms with Crippen LogP contribution in [-0.4, -0.2) is 37.2 Å². The third kappa shape index (κ3) is 2.26. The average Bonchev–Trinajstić information content (AvgIpc) is 2.39. The molecule has 0 radical (unpaired) electrons. The molecule has 0 bridgehead atoms. The summed E-state index contributed by atoms with van der Waals surface area (Å²) in [7, 11) is 1.74. The number of hydrogen-bond donors (Lipinski definition) is 1. The summed E-state index contributed by atoms with van der Waals surface area (Å²) in [5, 5.41) is 5.75. The molecule has 92 valence electrons. The van der Waals surface area contributed by atoms with Crippen molar-refractivity contribution in [2.24, 2.45) is 27.2 Å². The molecule has 1 aliphatic rings. The van der Waals surface area contributed by atoms with Crippen molar-refractivity contribution in [2.75, 3.05) is 13.6 Å². The highest BCUT2D eigenvalue weighted by Crippen LogP contribution is 2.48. The lowest BCUT2D eigenvalue weighted by molar-refractivity contribution is 0.144. The summed E-state index contributed by atoms with van der Waals surface area (Å²) in [4.78, 5) is 3.97. The van der Waals surface area contributed by atoms with Gasteiger partial charge in [0.1, 0.15) is 6.34 Å². The van der Waals surface area contributed by atoms with Gasteiger partial charge in [0.2, 0.25) is 0 Å². The van der Waals surface area contributed by atoms with Crippen LogP contribution in [0.15, 0.2) is 10.1 Å². The van der Waals surface area contributed by atoms with Gasteiger partial charge in [-0.15, -0.1) is 0 Å². The first-order valence-corrected chi connectivity index (χ1v) is 5.79. The molecule has 1 rings (SSSR count). The van der Waals surface area contributed by atoms with E-state index in [0.717, 1.165) is 19.4 Å². The van der Waals surface area contributed by atoms with Crippen LogP contribution in [0.5, 0.6) is 0 Å². The number of aliphatic imine (C=N–C) groups is 1. The maximum absolute atomic E-state index is 6.34. The molecule has 0 spiro atoms. The van der Waals surface area contributed by atoms with Crippen LogP contribution < -0.4 is 5.73 Å². The zero-order chi connectivity index (χ0) is 12.4. The third-order valence-corrected chi connectivity index (χ3v) is 4.34. The zero-order valence-corrected chi connectivity index (χ0v) is 10.9. The van der Waals surface area contributed by atoms with Crippen LogP contribution in [0.1, 0.15) is 33.6 Å². The lowest BCUT2D eigenvalue weighted by Gasteiger charge is -2.39. The SMILES string of the molecule is C=NN(/C=N\C)C[C@@H]1CC[C@](C)(N)C1(C)C. The van der Waals surface area contributed by atoms with Crippen LogP contribution in [-0.2, 0) is 0 Å². The minimum atomic E-state index is -0.0894. The Morgan fingerprint density at radius 2 is 2.12 bits per heavy atom. The van der Waals surface area contributed by atoms with E-state index in [4.69, 9.17) is 5.73 Å². The van der Waals surface area contributed by atoms with E-state index in [1.165, 1.54) is 0 Å². The quantitative estimate of drug-likeness (QED) is 0.449. The Morgan fingerprint density at radius 3 is 2.50 bits per heavy atom.